The van der Waals surface area contributed by atoms with Gasteiger partial charge in [-0.05, 0) is 24.2 Å². The second-order valence-electron chi connectivity index (χ2n) is 7.08. The summed E-state index contributed by atoms with van der Waals surface area (Å²) in [6.07, 6.45) is 6.90. The van der Waals surface area contributed by atoms with Gasteiger partial charge in [0, 0.05) is 6.04 Å². The third-order valence-corrected chi connectivity index (χ3v) is 4.36. The van der Waals surface area contributed by atoms with Crippen molar-refractivity contribution in [1.29, 1.82) is 0 Å². The largest absolute Gasteiger partial charge is 0.351 e. The number of amides is 1. The third-order valence-electron chi connectivity index (χ3n) is 4.36. The molecule has 0 spiro atoms. The molecule has 1 fully saturated rings. The van der Waals surface area contributed by atoms with Crippen molar-refractivity contribution in [2.75, 3.05) is 0 Å². The number of rotatable bonds is 4. The monoisotopic (exact) mass is 308 g/mol. The summed E-state index contributed by atoms with van der Waals surface area (Å²) in [4.78, 5) is 22.3. The lowest BCUT2D eigenvalue weighted by Crippen LogP contribution is -2.47. The van der Waals surface area contributed by atoms with E-state index >= 15 is 0 Å². The zero-order valence-corrected chi connectivity index (χ0v) is 13.4. The van der Waals surface area contributed by atoms with E-state index in [-0.39, 0.29) is 29.6 Å². The van der Waals surface area contributed by atoms with Gasteiger partial charge in [0.2, 0.25) is 5.91 Å². The number of hydrogen-bond acceptors (Lipinski definition) is 4. The van der Waals surface area contributed by atoms with Crippen molar-refractivity contribution in [2.24, 2.45) is 11.3 Å². The van der Waals surface area contributed by atoms with Gasteiger partial charge in [-0.3, -0.25) is 19.6 Å². The van der Waals surface area contributed by atoms with Gasteiger partial charge < -0.3 is 5.32 Å². The number of carbonyl (C=O) groups is 1. The van der Waals surface area contributed by atoms with E-state index < -0.39 is 4.92 Å². The Labute approximate surface area is 130 Å². The van der Waals surface area contributed by atoms with Crippen LogP contribution in [-0.2, 0) is 11.3 Å². The number of nitrogens with zero attached hydrogens (tertiary/aromatic N) is 3. The van der Waals surface area contributed by atoms with Crippen molar-refractivity contribution < 1.29 is 9.72 Å². The number of aromatic nitrogens is 2. The van der Waals surface area contributed by atoms with Crippen LogP contribution in [0.1, 0.15) is 46.5 Å². The van der Waals surface area contributed by atoms with Gasteiger partial charge in [-0.2, -0.15) is 5.10 Å². The molecule has 1 aliphatic carbocycles. The maximum Gasteiger partial charge on any atom is 0.307 e. The summed E-state index contributed by atoms with van der Waals surface area (Å²) in [5, 5.41) is 17.6. The Morgan fingerprint density at radius 3 is 2.73 bits per heavy atom. The van der Waals surface area contributed by atoms with Crippen LogP contribution in [0, 0.1) is 21.4 Å². The van der Waals surface area contributed by atoms with Gasteiger partial charge in [-0.15, -0.1) is 0 Å². The highest BCUT2D eigenvalue weighted by atomic mass is 16.6. The number of nitro groups is 1. The van der Waals surface area contributed by atoms with E-state index in [4.69, 9.17) is 0 Å². The zero-order valence-electron chi connectivity index (χ0n) is 13.4. The van der Waals surface area contributed by atoms with Crippen LogP contribution >= 0.6 is 0 Å². The number of hydrogen-bond donors (Lipinski definition) is 1. The molecular formula is C15H24N4O3. The molecular weight excluding hydrogens is 284 g/mol. The summed E-state index contributed by atoms with van der Waals surface area (Å²) in [5.41, 5.74) is 0.0566. The summed E-state index contributed by atoms with van der Waals surface area (Å²) in [7, 11) is 0. The highest BCUT2D eigenvalue weighted by Gasteiger charge is 2.34. The molecule has 122 valence electrons. The van der Waals surface area contributed by atoms with E-state index in [0.717, 1.165) is 25.5 Å². The maximum absolute atomic E-state index is 12.2. The summed E-state index contributed by atoms with van der Waals surface area (Å²) < 4.78 is 1.31. The van der Waals surface area contributed by atoms with Gasteiger partial charge in [0.15, 0.2) is 0 Å². The quantitative estimate of drug-likeness (QED) is 0.683. The second kappa shape index (κ2) is 6.46. The maximum atomic E-state index is 12.2. The second-order valence-corrected chi connectivity index (χ2v) is 7.08. The Morgan fingerprint density at radius 2 is 2.14 bits per heavy atom. The van der Waals surface area contributed by atoms with Crippen molar-refractivity contribution in [3.05, 3.63) is 22.5 Å². The van der Waals surface area contributed by atoms with Crippen molar-refractivity contribution in [3.63, 3.8) is 0 Å². The molecule has 0 aromatic carbocycles. The average molecular weight is 308 g/mol. The summed E-state index contributed by atoms with van der Waals surface area (Å²) >= 11 is 0. The van der Waals surface area contributed by atoms with E-state index in [9.17, 15) is 14.9 Å². The predicted molar refractivity (Wildman–Crippen MR) is 82.2 cm³/mol. The molecule has 1 heterocycles. The van der Waals surface area contributed by atoms with Crippen LogP contribution in [0.5, 0.6) is 0 Å². The first-order chi connectivity index (χ1) is 10.3. The van der Waals surface area contributed by atoms with Gasteiger partial charge in [0.05, 0.1) is 4.92 Å². The van der Waals surface area contributed by atoms with E-state index in [1.165, 1.54) is 17.3 Å². The van der Waals surface area contributed by atoms with E-state index in [1.807, 2.05) is 0 Å². The average Bonchev–Trinajstić information content (AvgIpc) is 2.86. The summed E-state index contributed by atoms with van der Waals surface area (Å²) in [5.74, 6) is 0.316. The Balaban J connectivity index is 1.96. The lowest BCUT2D eigenvalue weighted by molar-refractivity contribution is -0.385. The van der Waals surface area contributed by atoms with Crippen LogP contribution in [0.2, 0.25) is 0 Å². The van der Waals surface area contributed by atoms with Gasteiger partial charge in [-0.1, -0.05) is 33.6 Å². The molecule has 1 aliphatic rings. The molecule has 1 amide bonds. The smallest absolute Gasteiger partial charge is 0.307 e. The molecule has 0 saturated heterocycles. The molecule has 1 N–H and O–H groups in total. The Bertz CT molecular complexity index is 547. The molecule has 7 heteroatoms. The first-order valence-corrected chi connectivity index (χ1v) is 7.73. The van der Waals surface area contributed by atoms with Gasteiger partial charge in [-0.25, -0.2) is 0 Å². The van der Waals surface area contributed by atoms with Crippen LogP contribution in [0.4, 0.5) is 5.69 Å². The molecule has 0 unspecified atom stereocenters. The molecule has 1 aromatic rings. The SMILES string of the molecule is CC(C)(C)[C@@H]1CCCC[C@H]1NC(=O)Cn1cc([N+](=O)[O-])cn1. The topological polar surface area (TPSA) is 90.1 Å². The van der Waals surface area contributed by atoms with Crippen LogP contribution in [-0.4, -0.2) is 26.7 Å². The minimum absolute atomic E-state index is 0.0151. The van der Waals surface area contributed by atoms with Crippen molar-refractivity contribution in [3.8, 4) is 0 Å². The van der Waals surface area contributed by atoms with Crippen molar-refractivity contribution in [1.82, 2.24) is 15.1 Å². The van der Waals surface area contributed by atoms with Crippen LogP contribution in [0.25, 0.3) is 0 Å². The molecule has 7 nitrogen and oxygen atoms in total. The van der Waals surface area contributed by atoms with Crippen LogP contribution < -0.4 is 5.32 Å². The first kappa shape index (κ1) is 16.5. The Kier molecular flexibility index (Phi) is 4.83. The first-order valence-electron chi connectivity index (χ1n) is 7.73. The fourth-order valence-electron chi connectivity index (χ4n) is 3.27. The van der Waals surface area contributed by atoms with Crippen molar-refractivity contribution in [2.45, 2.75) is 59.0 Å². The normalized spacial score (nSPS) is 22.3. The van der Waals surface area contributed by atoms with E-state index in [1.54, 1.807) is 0 Å². The highest BCUT2D eigenvalue weighted by molar-refractivity contribution is 5.76. The minimum Gasteiger partial charge on any atom is -0.351 e. The third kappa shape index (κ3) is 4.05. The fourth-order valence-corrected chi connectivity index (χ4v) is 3.27. The molecule has 1 saturated carbocycles. The van der Waals surface area contributed by atoms with Crippen LogP contribution in [0.15, 0.2) is 12.4 Å². The molecule has 1 aromatic heterocycles. The molecule has 0 radical (unpaired) electrons. The van der Waals surface area contributed by atoms with Crippen molar-refractivity contribution >= 4 is 11.6 Å². The Morgan fingerprint density at radius 1 is 1.45 bits per heavy atom. The van der Waals surface area contributed by atoms with Crippen LogP contribution in [0.3, 0.4) is 0 Å². The minimum atomic E-state index is -0.516. The van der Waals surface area contributed by atoms with E-state index in [2.05, 4.69) is 31.2 Å². The molecule has 2 rings (SSSR count). The standard InChI is InChI=1S/C15H24N4O3/c1-15(2,3)12-6-4-5-7-13(12)17-14(20)10-18-9-11(8-16-18)19(21)22/h8-9,12-13H,4-7,10H2,1-3H3,(H,17,20)/t12-,13-/m1/s1. The highest BCUT2D eigenvalue weighted by Crippen LogP contribution is 2.37. The van der Waals surface area contributed by atoms with E-state index in [0.29, 0.717) is 5.92 Å². The summed E-state index contributed by atoms with van der Waals surface area (Å²) in [6, 6.07) is 0.173. The Hall–Kier alpha value is -1.92. The zero-order chi connectivity index (χ0) is 16.3. The molecule has 22 heavy (non-hydrogen) atoms. The number of nitrogens with one attached hydrogen (secondary N) is 1. The van der Waals surface area contributed by atoms with Gasteiger partial charge >= 0.3 is 5.69 Å². The molecule has 2 atom stereocenters. The predicted octanol–water partition coefficient (Wildman–Crippen LogP) is 2.51. The fraction of sp³-hybridized carbons (Fsp3) is 0.733. The molecule has 0 bridgehead atoms. The molecule has 0 aliphatic heterocycles. The lowest BCUT2D eigenvalue weighted by Gasteiger charge is -2.40. The summed E-state index contributed by atoms with van der Waals surface area (Å²) in [6.45, 7) is 6.64. The van der Waals surface area contributed by atoms with Gasteiger partial charge in [0.1, 0.15) is 18.9 Å². The lowest BCUT2D eigenvalue weighted by atomic mass is 9.69. The van der Waals surface area contributed by atoms with Gasteiger partial charge in [0.25, 0.3) is 0 Å². The number of carbonyl (C=O) groups excluding carboxylic acids is 1.